The van der Waals surface area contributed by atoms with Crippen LogP contribution in [0.2, 0.25) is 5.02 Å². The molecule has 0 bridgehead atoms. The maximum Gasteiger partial charge on any atom is 0.326 e. The minimum atomic E-state index is -0.525. The molecule has 0 spiro atoms. The van der Waals surface area contributed by atoms with Crippen molar-refractivity contribution in [1.29, 1.82) is 0 Å². The Morgan fingerprint density at radius 1 is 1.47 bits per heavy atom. The number of hydrogen-bond acceptors (Lipinski definition) is 3. The molecule has 0 saturated carbocycles. The summed E-state index contributed by atoms with van der Waals surface area (Å²) in [6, 6.07) is 7.54. The van der Waals surface area contributed by atoms with Crippen LogP contribution >= 0.6 is 24.0 Å². The number of halogens is 2. The highest BCUT2D eigenvalue weighted by molar-refractivity contribution is 6.30. The molecule has 0 amide bonds. The van der Waals surface area contributed by atoms with Crippen molar-refractivity contribution in [3.63, 3.8) is 0 Å². The topological polar surface area (TPSA) is 38.3 Å². The van der Waals surface area contributed by atoms with E-state index in [0.29, 0.717) is 11.4 Å². The zero-order valence-electron chi connectivity index (χ0n) is 9.53. The summed E-state index contributed by atoms with van der Waals surface area (Å²) >= 11 is 5.81. The second-order valence-corrected chi connectivity index (χ2v) is 4.49. The summed E-state index contributed by atoms with van der Waals surface area (Å²) in [4.78, 5) is 11.7. The zero-order valence-corrected chi connectivity index (χ0v) is 11.1. The predicted molar refractivity (Wildman–Crippen MR) is 69.8 cm³/mol. The van der Waals surface area contributed by atoms with Crippen LogP contribution < -0.4 is 5.32 Å². The van der Waals surface area contributed by atoms with Gasteiger partial charge in [0.2, 0.25) is 0 Å². The quantitative estimate of drug-likeness (QED) is 0.860. The Balaban J connectivity index is 0.00000144. The van der Waals surface area contributed by atoms with Gasteiger partial charge in [0.15, 0.2) is 0 Å². The molecule has 0 aromatic heterocycles. The first-order valence-corrected chi connectivity index (χ1v) is 5.62. The second kappa shape index (κ2) is 5.71. The Hall–Kier alpha value is -0.770. The Morgan fingerprint density at radius 2 is 2.06 bits per heavy atom. The summed E-state index contributed by atoms with van der Waals surface area (Å²) in [5, 5.41) is 3.87. The third kappa shape index (κ3) is 2.92. The van der Waals surface area contributed by atoms with E-state index in [4.69, 9.17) is 16.3 Å². The van der Waals surface area contributed by atoms with Crippen LogP contribution in [-0.2, 0) is 16.0 Å². The summed E-state index contributed by atoms with van der Waals surface area (Å²) in [5.74, 6) is -0.186. The average Bonchev–Trinajstić information content (AvgIpc) is 2.25. The fraction of sp³-hybridized carbons (Fsp3) is 0.417. The van der Waals surface area contributed by atoms with Gasteiger partial charge < -0.3 is 10.1 Å². The summed E-state index contributed by atoms with van der Waals surface area (Å²) in [6.07, 6.45) is 1.47. The van der Waals surface area contributed by atoms with Crippen LogP contribution in [0, 0.1) is 0 Å². The van der Waals surface area contributed by atoms with Crippen molar-refractivity contribution < 1.29 is 9.53 Å². The van der Waals surface area contributed by atoms with E-state index in [-0.39, 0.29) is 18.4 Å². The molecule has 94 valence electrons. The van der Waals surface area contributed by atoms with Crippen LogP contribution in [-0.4, -0.2) is 25.2 Å². The molecule has 3 nitrogen and oxygen atoms in total. The van der Waals surface area contributed by atoms with Crippen LogP contribution in [0.3, 0.4) is 0 Å². The SMILES string of the molecule is COC(=O)C1(Cc2ccc(Cl)cc2)CCN1.Cl. The van der Waals surface area contributed by atoms with E-state index in [0.717, 1.165) is 18.5 Å². The van der Waals surface area contributed by atoms with Crippen molar-refractivity contribution in [1.82, 2.24) is 5.32 Å². The fourth-order valence-corrected chi connectivity index (χ4v) is 2.10. The van der Waals surface area contributed by atoms with Gasteiger partial charge in [-0.15, -0.1) is 12.4 Å². The largest absolute Gasteiger partial charge is 0.468 e. The lowest BCUT2D eigenvalue weighted by atomic mass is 9.82. The Kier molecular flexibility index (Phi) is 4.80. The van der Waals surface area contributed by atoms with Gasteiger partial charge in [0.05, 0.1) is 7.11 Å². The van der Waals surface area contributed by atoms with Gasteiger partial charge in [0.25, 0.3) is 0 Å². The summed E-state index contributed by atoms with van der Waals surface area (Å²) in [5.41, 5.74) is 0.560. The Morgan fingerprint density at radius 3 is 2.47 bits per heavy atom. The number of hydrogen-bond donors (Lipinski definition) is 1. The number of rotatable bonds is 3. The maximum atomic E-state index is 11.7. The highest BCUT2D eigenvalue weighted by Gasteiger charge is 2.44. The van der Waals surface area contributed by atoms with Gasteiger partial charge in [-0.25, -0.2) is 0 Å². The van der Waals surface area contributed by atoms with E-state index in [1.165, 1.54) is 7.11 Å². The first-order valence-electron chi connectivity index (χ1n) is 5.24. The summed E-state index contributed by atoms with van der Waals surface area (Å²) < 4.78 is 4.83. The first kappa shape index (κ1) is 14.3. The number of benzene rings is 1. The van der Waals surface area contributed by atoms with E-state index >= 15 is 0 Å². The Labute approximate surface area is 112 Å². The number of methoxy groups -OCH3 is 1. The molecule has 1 saturated heterocycles. The van der Waals surface area contributed by atoms with Gasteiger partial charge in [0.1, 0.15) is 5.54 Å². The summed E-state index contributed by atoms with van der Waals surface area (Å²) in [7, 11) is 1.42. The Bertz CT molecular complexity index is 388. The molecule has 0 radical (unpaired) electrons. The molecule has 1 aromatic carbocycles. The van der Waals surface area contributed by atoms with E-state index in [1.807, 2.05) is 24.3 Å². The molecule has 0 aliphatic carbocycles. The van der Waals surface area contributed by atoms with Gasteiger partial charge in [0, 0.05) is 11.4 Å². The van der Waals surface area contributed by atoms with Crippen molar-refractivity contribution in [2.24, 2.45) is 0 Å². The van der Waals surface area contributed by atoms with Crippen molar-refractivity contribution in [2.45, 2.75) is 18.4 Å². The van der Waals surface area contributed by atoms with Crippen molar-refractivity contribution in [3.05, 3.63) is 34.9 Å². The molecular formula is C12H15Cl2NO2. The van der Waals surface area contributed by atoms with Gasteiger partial charge in [-0.3, -0.25) is 4.79 Å². The lowest BCUT2D eigenvalue weighted by molar-refractivity contribution is -0.152. The molecule has 5 heteroatoms. The number of carbonyl (C=O) groups is 1. The van der Waals surface area contributed by atoms with Crippen LogP contribution in [0.15, 0.2) is 24.3 Å². The van der Waals surface area contributed by atoms with Crippen molar-refractivity contribution in [2.75, 3.05) is 13.7 Å². The van der Waals surface area contributed by atoms with Gasteiger partial charge in [-0.2, -0.15) is 0 Å². The molecule has 1 N–H and O–H groups in total. The highest BCUT2D eigenvalue weighted by Crippen LogP contribution is 2.26. The average molecular weight is 276 g/mol. The molecule has 1 aromatic rings. The maximum absolute atomic E-state index is 11.7. The molecule has 2 rings (SSSR count). The van der Waals surface area contributed by atoms with Crippen LogP contribution in [0.5, 0.6) is 0 Å². The summed E-state index contributed by atoms with van der Waals surface area (Å²) in [6.45, 7) is 0.864. The standard InChI is InChI=1S/C12H14ClNO2.ClH/c1-16-11(15)12(6-7-14-12)8-9-2-4-10(13)5-3-9;/h2-5,14H,6-8H2,1H3;1H. The van der Waals surface area contributed by atoms with Crippen LogP contribution in [0.1, 0.15) is 12.0 Å². The first-order chi connectivity index (χ1) is 7.66. The molecule has 1 heterocycles. The monoisotopic (exact) mass is 275 g/mol. The number of esters is 1. The van der Waals surface area contributed by atoms with Crippen molar-refractivity contribution in [3.8, 4) is 0 Å². The lowest BCUT2D eigenvalue weighted by Crippen LogP contribution is -2.64. The van der Waals surface area contributed by atoms with E-state index in [2.05, 4.69) is 5.32 Å². The van der Waals surface area contributed by atoms with Gasteiger partial charge in [-0.05, 0) is 30.7 Å². The van der Waals surface area contributed by atoms with Crippen LogP contribution in [0.4, 0.5) is 0 Å². The molecule has 1 atom stereocenters. The highest BCUT2D eigenvalue weighted by atomic mass is 35.5. The minimum absolute atomic E-state index is 0. The number of carbonyl (C=O) groups excluding carboxylic acids is 1. The molecule has 1 unspecified atom stereocenters. The van der Waals surface area contributed by atoms with Crippen LogP contribution in [0.25, 0.3) is 0 Å². The zero-order chi connectivity index (χ0) is 11.6. The molecule has 1 aliphatic rings. The van der Waals surface area contributed by atoms with E-state index in [9.17, 15) is 4.79 Å². The fourth-order valence-electron chi connectivity index (χ4n) is 1.97. The normalized spacial score (nSPS) is 22.2. The predicted octanol–water partition coefficient (Wildman–Crippen LogP) is 2.21. The van der Waals surface area contributed by atoms with E-state index < -0.39 is 5.54 Å². The van der Waals surface area contributed by atoms with E-state index in [1.54, 1.807) is 0 Å². The minimum Gasteiger partial charge on any atom is -0.468 e. The van der Waals surface area contributed by atoms with Gasteiger partial charge >= 0.3 is 5.97 Å². The second-order valence-electron chi connectivity index (χ2n) is 4.05. The number of ether oxygens (including phenoxy) is 1. The molecule has 1 aliphatic heterocycles. The molecule has 17 heavy (non-hydrogen) atoms. The molecule has 1 fully saturated rings. The lowest BCUT2D eigenvalue weighted by Gasteiger charge is -2.40. The van der Waals surface area contributed by atoms with Crippen molar-refractivity contribution >= 4 is 30.0 Å². The third-order valence-corrected chi connectivity index (χ3v) is 3.26. The molecular weight excluding hydrogens is 261 g/mol. The third-order valence-electron chi connectivity index (χ3n) is 3.01. The van der Waals surface area contributed by atoms with Gasteiger partial charge in [-0.1, -0.05) is 23.7 Å². The smallest absolute Gasteiger partial charge is 0.326 e. The number of nitrogens with one attached hydrogen (secondary N) is 1.